The van der Waals surface area contributed by atoms with Crippen molar-refractivity contribution < 1.29 is 4.79 Å². The number of hydrogen-bond donors (Lipinski definition) is 0. The van der Waals surface area contributed by atoms with Gasteiger partial charge in [0.05, 0.1) is 0 Å². The highest BCUT2D eigenvalue weighted by atomic mass is 31.1. The average Bonchev–Trinajstić information content (AvgIpc) is 2.62. The van der Waals surface area contributed by atoms with Crippen molar-refractivity contribution >= 4 is 19.8 Å². The van der Waals surface area contributed by atoms with Crippen molar-refractivity contribution in [3.05, 3.63) is 29.8 Å². The van der Waals surface area contributed by atoms with Crippen LogP contribution in [0.15, 0.2) is 24.3 Å². The Labute approximate surface area is 170 Å². The number of unbranched alkanes of at least 4 members (excludes halogenated alkanes) is 5. The van der Waals surface area contributed by atoms with Gasteiger partial charge in [-0.25, -0.2) is 0 Å². The van der Waals surface area contributed by atoms with Gasteiger partial charge in [0.1, 0.15) is 0 Å². The number of amides is 1. The maximum Gasteiger partial charge on any atom is 0.226 e. The molecular weight excluding hydrogens is 349 g/mol. The zero-order chi connectivity index (χ0) is 20.1. The summed E-state index contributed by atoms with van der Waals surface area (Å²) >= 11 is 0. The van der Waals surface area contributed by atoms with Gasteiger partial charge in [-0.3, -0.25) is 4.79 Å². The number of benzene rings is 1. The number of rotatable bonds is 14. The number of carbonyl (C=O) groups is 1. The van der Waals surface area contributed by atoms with Gasteiger partial charge in [-0.2, -0.15) is 0 Å². The third kappa shape index (κ3) is 11.5. The van der Waals surface area contributed by atoms with Crippen LogP contribution in [0, 0.1) is 11.8 Å². The van der Waals surface area contributed by atoms with Crippen molar-refractivity contribution in [3.8, 4) is 0 Å². The van der Waals surface area contributed by atoms with Crippen molar-refractivity contribution in [2.45, 2.75) is 79.6 Å². The van der Waals surface area contributed by atoms with Gasteiger partial charge in [-0.15, -0.1) is 0 Å². The summed E-state index contributed by atoms with van der Waals surface area (Å²) in [5.74, 6) is 1.36. The second kappa shape index (κ2) is 14.2. The molecule has 0 saturated heterocycles. The van der Waals surface area contributed by atoms with Crippen molar-refractivity contribution in [2.24, 2.45) is 11.8 Å². The summed E-state index contributed by atoms with van der Waals surface area (Å²) in [5, 5.41) is 1.31. The Morgan fingerprint density at radius 3 is 2.00 bits per heavy atom. The van der Waals surface area contributed by atoms with Crippen molar-refractivity contribution in [1.29, 1.82) is 0 Å². The van der Waals surface area contributed by atoms with Crippen LogP contribution in [0.4, 0.5) is 0 Å². The van der Waals surface area contributed by atoms with E-state index in [9.17, 15) is 4.79 Å². The Balaban J connectivity index is 2.37. The smallest absolute Gasteiger partial charge is 0.226 e. The van der Waals surface area contributed by atoms with Gasteiger partial charge in [-0.1, -0.05) is 99.6 Å². The molecule has 0 heterocycles. The summed E-state index contributed by atoms with van der Waals surface area (Å²) in [6.45, 7) is 12.8. The molecule has 1 aromatic rings. The lowest BCUT2D eigenvalue weighted by atomic mass is 10.1. The first-order valence-electron chi connectivity index (χ1n) is 11.0. The molecule has 0 aliphatic carbocycles. The first-order valence-corrected chi connectivity index (χ1v) is 12.2. The van der Waals surface area contributed by atoms with Gasteiger partial charge in [0.15, 0.2) is 0 Å². The van der Waals surface area contributed by atoms with Crippen LogP contribution < -0.4 is 5.30 Å². The zero-order valence-electron chi connectivity index (χ0n) is 18.4. The maximum atomic E-state index is 12.6. The van der Waals surface area contributed by atoms with Crippen LogP contribution in [0.1, 0.15) is 78.7 Å². The zero-order valence-corrected chi connectivity index (χ0v) is 19.4. The van der Waals surface area contributed by atoms with Crippen LogP contribution in [0.3, 0.4) is 0 Å². The fourth-order valence-corrected chi connectivity index (χ4v) is 4.33. The summed E-state index contributed by atoms with van der Waals surface area (Å²) in [5.41, 5.74) is 1.44. The molecule has 0 N–H and O–H groups in total. The number of hydrogen-bond acceptors (Lipinski definition) is 1. The Hall–Kier alpha value is -0.880. The summed E-state index contributed by atoms with van der Waals surface area (Å²) in [4.78, 5) is 14.7. The molecule has 0 saturated carbocycles. The molecule has 0 spiro atoms. The fourth-order valence-electron chi connectivity index (χ4n) is 3.35. The summed E-state index contributed by atoms with van der Waals surface area (Å²) in [7, 11) is 0.578. The number of aryl methyl sites for hydroxylation is 1. The normalized spacial score (nSPS) is 11.8. The highest BCUT2D eigenvalue weighted by Gasteiger charge is 2.16. The largest absolute Gasteiger partial charge is 0.342 e. The topological polar surface area (TPSA) is 20.3 Å². The lowest BCUT2D eigenvalue weighted by Crippen LogP contribution is -2.38. The Kier molecular flexibility index (Phi) is 12.7. The predicted octanol–water partition coefficient (Wildman–Crippen LogP) is 6.03. The molecule has 1 unspecified atom stereocenters. The molecule has 27 heavy (non-hydrogen) atoms. The highest BCUT2D eigenvalue weighted by molar-refractivity contribution is 7.48. The lowest BCUT2D eigenvalue weighted by Gasteiger charge is -2.26. The Bertz CT molecular complexity index is 500. The van der Waals surface area contributed by atoms with E-state index in [0.29, 0.717) is 32.5 Å². The molecule has 1 amide bonds. The number of carbonyl (C=O) groups excluding carboxylic acids is 1. The quantitative estimate of drug-likeness (QED) is 0.280. The first kappa shape index (κ1) is 24.2. The third-order valence-electron chi connectivity index (χ3n) is 4.74. The fraction of sp³-hybridized carbons (Fsp3) is 0.708. The van der Waals surface area contributed by atoms with Gasteiger partial charge in [0.25, 0.3) is 0 Å². The molecule has 0 bridgehead atoms. The molecule has 0 aliphatic heterocycles. The van der Waals surface area contributed by atoms with E-state index in [1.165, 1.54) is 55.8 Å². The first-order chi connectivity index (χ1) is 12.9. The summed E-state index contributed by atoms with van der Waals surface area (Å²) in [6, 6.07) is 8.98. The SMILES string of the molecule is CCCCCCCCc1ccc(PCC(=O)N(CC(C)C)CC(C)C)cc1. The van der Waals surface area contributed by atoms with E-state index >= 15 is 0 Å². The monoisotopic (exact) mass is 391 g/mol. The van der Waals surface area contributed by atoms with Crippen LogP contribution in [-0.4, -0.2) is 30.1 Å². The van der Waals surface area contributed by atoms with E-state index in [2.05, 4.69) is 63.8 Å². The Morgan fingerprint density at radius 2 is 1.44 bits per heavy atom. The van der Waals surface area contributed by atoms with E-state index in [4.69, 9.17) is 0 Å². The van der Waals surface area contributed by atoms with Crippen LogP contribution >= 0.6 is 8.58 Å². The van der Waals surface area contributed by atoms with E-state index in [0.717, 1.165) is 13.1 Å². The Morgan fingerprint density at radius 1 is 0.889 bits per heavy atom. The molecule has 3 heteroatoms. The van der Waals surface area contributed by atoms with Crippen molar-refractivity contribution in [2.75, 3.05) is 19.3 Å². The lowest BCUT2D eigenvalue weighted by molar-refractivity contribution is -0.129. The molecule has 0 aliphatic rings. The van der Waals surface area contributed by atoms with Gasteiger partial charge in [0, 0.05) is 19.3 Å². The van der Waals surface area contributed by atoms with Crippen LogP contribution in [0.2, 0.25) is 0 Å². The van der Waals surface area contributed by atoms with Gasteiger partial charge in [-0.05, 0) is 35.5 Å². The van der Waals surface area contributed by atoms with E-state index in [1.807, 2.05) is 0 Å². The molecule has 0 radical (unpaired) electrons. The maximum absolute atomic E-state index is 12.6. The summed E-state index contributed by atoms with van der Waals surface area (Å²) in [6.07, 6.45) is 9.93. The van der Waals surface area contributed by atoms with E-state index in [-0.39, 0.29) is 0 Å². The minimum absolute atomic E-state index is 0.312. The van der Waals surface area contributed by atoms with Crippen LogP contribution in [0.5, 0.6) is 0 Å². The molecule has 0 fully saturated rings. The second-order valence-corrected chi connectivity index (χ2v) is 9.94. The standard InChI is InChI=1S/C24H42NOP/c1-6-7-8-9-10-11-12-22-13-15-23(16-14-22)27-19-24(26)25(17-20(2)3)18-21(4)5/h13-16,20-21,27H,6-12,17-19H2,1-5H3. The number of nitrogens with zero attached hydrogens (tertiary/aromatic N) is 1. The minimum atomic E-state index is 0.312. The van der Waals surface area contributed by atoms with Crippen LogP contribution in [0.25, 0.3) is 0 Å². The molecular formula is C24H42NOP. The van der Waals surface area contributed by atoms with Gasteiger partial charge in [0.2, 0.25) is 5.91 Å². The van der Waals surface area contributed by atoms with Crippen molar-refractivity contribution in [1.82, 2.24) is 4.90 Å². The summed E-state index contributed by atoms with van der Waals surface area (Å²) < 4.78 is 0. The third-order valence-corrected chi connectivity index (χ3v) is 5.96. The molecule has 0 aromatic heterocycles. The van der Waals surface area contributed by atoms with E-state index in [1.54, 1.807) is 0 Å². The van der Waals surface area contributed by atoms with Gasteiger partial charge >= 0.3 is 0 Å². The molecule has 1 atom stereocenters. The van der Waals surface area contributed by atoms with Crippen LogP contribution in [-0.2, 0) is 11.2 Å². The molecule has 154 valence electrons. The predicted molar refractivity (Wildman–Crippen MR) is 123 cm³/mol. The molecule has 1 rings (SSSR count). The average molecular weight is 392 g/mol. The highest BCUT2D eigenvalue weighted by Crippen LogP contribution is 2.15. The van der Waals surface area contributed by atoms with Crippen molar-refractivity contribution in [3.63, 3.8) is 0 Å². The van der Waals surface area contributed by atoms with E-state index < -0.39 is 0 Å². The second-order valence-electron chi connectivity index (χ2n) is 8.65. The molecule has 2 nitrogen and oxygen atoms in total. The molecule has 1 aromatic carbocycles. The minimum Gasteiger partial charge on any atom is -0.342 e. The van der Waals surface area contributed by atoms with Gasteiger partial charge < -0.3 is 4.90 Å².